The third-order valence-electron chi connectivity index (χ3n) is 7.89. The zero-order chi connectivity index (χ0) is 29.4. The molecule has 9 heteroatoms. The quantitative estimate of drug-likeness (QED) is 0.492. The number of piperazine rings is 1. The van der Waals surface area contributed by atoms with Gasteiger partial charge in [0.15, 0.2) is 0 Å². The number of carbonyl (C=O) groups excluding carboxylic acids is 2. The van der Waals surface area contributed by atoms with Gasteiger partial charge in [0, 0.05) is 57.5 Å². The first-order valence-electron chi connectivity index (χ1n) is 14.2. The highest BCUT2D eigenvalue weighted by Gasteiger charge is 2.52. The number of ether oxygens (including phenoxy) is 2. The lowest BCUT2D eigenvalue weighted by Gasteiger charge is -2.43. The number of nitrogens with zero attached hydrogens (tertiary/aromatic N) is 4. The Morgan fingerprint density at radius 1 is 1.10 bits per heavy atom. The number of hydrogen-bond acceptors (Lipinski definition) is 6. The van der Waals surface area contributed by atoms with E-state index in [1.807, 2.05) is 64.1 Å². The number of carbonyl (C=O) groups is 2. The Labute approximate surface area is 241 Å². The van der Waals surface area contributed by atoms with E-state index in [9.17, 15) is 9.59 Å². The van der Waals surface area contributed by atoms with Crippen LogP contribution in [0.1, 0.15) is 51.7 Å². The monoisotopic (exact) mass is 562 g/mol. The minimum atomic E-state index is -2.14. The normalized spacial score (nSPS) is 25.2. The fraction of sp³-hybridized carbons (Fsp3) is 0.469. The number of amides is 2. The summed E-state index contributed by atoms with van der Waals surface area (Å²) < 4.78 is 29.5. The fourth-order valence-corrected chi connectivity index (χ4v) is 5.96. The predicted molar refractivity (Wildman–Crippen MR) is 156 cm³/mol. The number of benzene rings is 1. The first-order chi connectivity index (χ1) is 19.5. The second-order valence-corrected chi connectivity index (χ2v) is 11.9. The Morgan fingerprint density at radius 2 is 1.85 bits per heavy atom. The van der Waals surface area contributed by atoms with Gasteiger partial charge in [-0.05, 0) is 63.5 Å². The van der Waals surface area contributed by atoms with Gasteiger partial charge in [0.25, 0.3) is 0 Å². The molecule has 8 nitrogen and oxygen atoms in total. The van der Waals surface area contributed by atoms with Crippen molar-refractivity contribution in [3.8, 4) is 0 Å². The molecule has 0 saturated carbocycles. The van der Waals surface area contributed by atoms with E-state index in [-0.39, 0.29) is 23.7 Å². The molecule has 2 fully saturated rings. The van der Waals surface area contributed by atoms with Gasteiger partial charge in [-0.3, -0.25) is 4.79 Å². The summed E-state index contributed by atoms with van der Waals surface area (Å²) in [5, 5.41) is 0. The van der Waals surface area contributed by atoms with Gasteiger partial charge in [-0.25, -0.2) is 14.2 Å². The van der Waals surface area contributed by atoms with Crippen molar-refractivity contribution in [1.82, 2.24) is 14.8 Å². The smallest absolute Gasteiger partial charge is 0.410 e. The number of allylic oxidation sites excluding steroid dienone is 2. The highest BCUT2D eigenvalue weighted by molar-refractivity contribution is 5.83. The number of likely N-dealkylation sites (tertiary alicyclic amines) is 1. The molecular weight excluding hydrogens is 523 g/mol. The Bertz CT molecular complexity index is 1350. The second-order valence-electron chi connectivity index (χ2n) is 11.9. The Balaban J connectivity index is 1.49. The molecule has 0 spiro atoms. The molecule has 0 bridgehead atoms. The molecule has 3 aliphatic rings. The SMILES string of the molecule is COC1C(c2ccccc2)=CC=C(N2CCCC2=O)C1(F)c1ccnc(N2CCN(C(=O)OC(C)(C)C)[C@H](C)C2)c1. The highest BCUT2D eigenvalue weighted by atomic mass is 19.1. The Kier molecular flexibility index (Phi) is 7.92. The lowest BCUT2D eigenvalue weighted by Crippen LogP contribution is -2.55. The van der Waals surface area contributed by atoms with Gasteiger partial charge in [-0.15, -0.1) is 0 Å². The van der Waals surface area contributed by atoms with E-state index < -0.39 is 17.4 Å². The van der Waals surface area contributed by atoms with Crippen molar-refractivity contribution in [2.24, 2.45) is 0 Å². The topological polar surface area (TPSA) is 75.2 Å². The van der Waals surface area contributed by atoms with Gasteiger partial charge in [0.2, 0.25) is 11.6 Å². The van der Waals surface area contributed by atoms with Gasteiger partial charge < -0.3 is 24.2 Å². The predicted octanol–water partition coefficient (Wildman–Crippen LogP) is 5.31. The van der Waals surface area contributed by atoms with E-state index in [0.29, 0.717) is 56.0 Å². The number of aromatic nitrogens is 1. The van der Waals surface area contributed by atoms with Crippen LogP contribution in [0.3, 0.4) is 0 Å². The van der Waals surface area contributed by atoms with Crippen LogP contribution in [0.15, 0.2) is 66.5 Å². The number of hydrogen-bond donors (Lipinski definition) is 0. The van der Waals surface area contributed by atoms with Crippen LogP contribution in [0, 0.1) is 0 Å². The molecule has 1 aliphatic carbocycles. The van der Waals surface area contributed by atoms with Crippen molar-refractivity contribution in [2.75, 3.05) is 38.2 Å². The summed E-state index contributed by atoms with van der Waals surface area (Å²) in [5.74, 6) is 0.513. The average Bonchev–Trinajstić information content (AvgIpc) is 3.37. The van der Waals surface area contributed by atoms with E-state index in [2.05, 4.69) is 9.88 Å². The van der Waals surface area contributed by atoms with Crippen molar-refractivity contribution in [2.45, 2.75) is 64.0 Å². The molecule has 2 amide bonds. The van der Waals surface area contributed by atoms with Gasteiger partial charge in [-0.2, -0.15) is 0 Å². The number of anilines is 1. The third kappa shape index (κ3) is 5.60. The zero-order valence-electron chi connectivity index (χ0n) is 24.5. The lowest BCUT2D eigenvalue weighted by atomic mass is 9.77. The number of pyridine rings is 1. The van der Waals surface area contributed by atoms with Crippen LogP contribution >= 0.6 is 0 Å². The minimum absolute atomic E-state index is 0.0916. The van der Waals surface area contributed by atoms with Crippen LogP contribution in [0.5, 0.6) is 0 Å². The van der Waals surface area contributed by atoms with Crippen LogP contribution in [0.4, 0.5) is 15.0 Å². The van der Waals surface area contributed by atoms with Crippen molar-refractivity contribution in [3.63, 3.8) is 0 Å². The molecule has 218 valence electrons. The molecule has 2 unspecified atom stereocenters. The van der Waals surface area contributed by atoms with Gasteiger partial charge in [0.05, 0.1) is 5.70 Å². The molecule has 5 rings (SSSR count). The van der Waals surface area contributed by atoms with Crippen LogP contribution in [0.25, 0.3) is 5.57 Å². The number of methoxy groups -OCH3 is 1. The second kappa shape index (κ2) is 11.3. The third-order valence-corrected chi connectivity index (χ3v) is 7.89. The number of alkyl halides is 1. The van der Waals surface area contributed by atoms with E-state index >= 15 is 4.39 Å². The van der Waals surface area contributed by atoms with Crippen molar-refractivity contribution < 1.29 is 23.5 Å². The maximum atomic E-state index is 18.0. The van der Waals surface area contributed by atoms with Crippen LogP contribution in [-0.4, -0.2) is 77.8 Å². The molecule has 1 aromatic heterocycles. The molecule has 2 aliphatic heterocycles. The maximum absolute atomic E-state index is 18.0. The zero-order valence-corrected chi connectivity index (χ0v) is 24.5. The summed E-state index contributed by atoms with van der Waals surface area (Å²) in [4.78, 5) is 35.5. The first-order valence-corrected chi connectivity index (χ1v) is 14.2. The molecule has 3 atom stereocenters. The molecule has 2 saturated heterocycles. The standard InChI is InChI=1S/C32H39FN4O4/c1-22-21-35(18-19-36(22)30(39)41-31(2,3)4)27-20-24(15-16-34-27)32(33)26(37-17-9-12-28(37)38)14-13-25(29(32)40-5)23-10-7-6-8-11-23/h6-8,10-11,13-16,20,22,29H,9,12,17-19,21H2,1-5H3/t22-,29?,32?/m1/s1. The first kappa shape index (κ1) is 28.8. The van der Waals surface area contributed by atoms with Crippen LogP contribution < -0.4 is 4.90 Å². The van der Waals surface area contributed by atoms with Gasteiger partial charge >= 0.3 is 6.09 Å². The van der Waals surface area contributed by atoms with E-state index in [4.69, 9.17) is 9.47 Å². The molecule has 3 heterocycles. The molecular formula is C32H39FN4O4. The van der Waals surface area contributed by atoms with Crippen molar-refractivity contribution >= 4 is 23.4 Å². The molecule has 2 aromatic rings. The van der Waals surface area contributed by atoms with E-state index in [1.165, 1.54) is 7.11 Å². The Hall–Kier alpha value is -3.72. The maximum Gasteiger partial charge on any atom is 0.410 e. The molecule has 0 N–H and O–H groups in total. The lowest BCUT2D eigenvalue weighted by molar-refractivity contribution is -0.127. The van der Waals surface area contributed by atoms with E-state index in [1.54, 1.807) is 34.2 Å². The molecule has 41 heavy (non-hydrogen) atoms. The summed E-state index contributed by atoms with van der Waals surface area (Å²) in [6, 6.07) is 12.9. The fourth-order valence-electron chi connectivity index (χ4n) is 5.96. The average molecular weight is 563 g/mol. The van der Waals surface area contributed by atoms with Crippen molar-refractivity contribution in [3.05, 3.63) is 77.6 Å². The minimum Gasteiger partial charge on any atom is -0.444 e. The van der Waals surface area contributed by atoms with Crippen LogP contribution in [0.2, 0.25) is 0 Å². The van der Waals surface area contributed by atoms with Crippen LogP contribution in [-0.2, 0) is 19.9 Å². The summed E-state index contributed by atoms with van der Waals surface area (Å²) >= 11 is 0. The number of rotatable bonds is 5. The van der Waals surface area contributed by atoms with Gasteiger partial charge in [0.1, 0.15) is 17.5 Å². The van der Waals surface area contributed by atoms with Crippen molar-refractivity contribution in [1.29, 1.82) is 0 Å². The number of halogens is 1. The van der Waals surface area contributed by atoms with E-state index in [0.717, 1.165) is 5.56 Å². The summed E-state index contributed by atoms with van der Waals surface area (Å²) in [6.07, 6.45) is 4.93. The summed E-state index contributed by atoms with van der Waals surface area (Å²) in [7, 11) is 1.50. The van der Waals surface area contributed by atoms with Gasteiger partial charge in [-0.1, -0.05) is 36.4 Å². The molecule has 1 aromatic carbocycles. The molecule has 0 radical (unpaired) electrons. The summed E-state index contributed by atoms with van der Waals surface area (Å²) in [6.45, 7) is 9.48. The largest absolute Gasteiger partial charge is 0.444 e. The Morgan fingerprint density at radius 3 is 2.49 bits per heavy atom. The summed E-state index contributed by atoms with van der Waals surface area (Å²) in [5.41, 5.74) is -0.520. The highest BCUT2D eigenvalue weighted by Crippen LogP contribution is 2.49.